The third-order valence-corrected chi connectivity index (χ3v) is 6.54. The highest BCUT2D eigenvalue weighted by Gasteiger charge is 2.24. The van der Waals surface area contributed by atoms with Gasteiger partial charge >= 0.3 is 0 Å². The van der Waals surface area contributed by atoms with E-state index in [0.717, 1.165) is 47.5 Å². The number of rotatable bonds is 7. The summed E-state index contributed by atoms with van der Waals surface area (Å²) in [4.78, 5) is 22.9. The number of carbonyl (C=O) groups excluding carboxylic acids is 1. The zero-order valence-corrected chi connectivity index (χ0v) is 20.6. The Bertz CT molecular complexity index is 1340. The number of fused-ring (bicyclic) bond motifs is 1. The fourth-order valence-corrected chi connectivity index (χ4v) is 4.59. The third-order valence-electron chi connectivity index (χ3n) is 6.54. The Morgan fingerprint density at radius 2 is 1.64 bits per heavy atom. The topological polar surface area (TPSA) is 45.7 Å². The second-order valence-electron chi connectivity index (χ2n) is 8.94. The van der Waals surface area contributed by atoms with Crippen molar-refractivity contribution in [3.63, 3.8) is 0 Å². The SMILES string of the molecule is CCOc1ccc(-c2cc(C(=O)N3CCN(C/C=C/c4ccccc4)CC3)c3ccccc3n2)cc1. The first-order valence-electron chi connectivity index (χ1n) is 12.6. The van der Waals surface area contributed by atoms with Gasteiger partial charge in [0.25, 0.3) is 5.91 Å². The van der Waals surface area contributed by atoms with Crippen molar-refractivity contribution in [2.75, 3.05) is 39.3 Å². The molecule has 182 valence electrons. The maximum Gasteiger partial charge on any atom is 0.254 e. The highest BCUT2D eigenvalue weighted by molar-refractivity contribution is 6.07. The van der Waals surface area contributed by atoms with Crippen LogP contribution in [0.5, 0.6) is 5.75 Å². The lowest BCUT2D eigenvalue weighted by molar-refractivity contribution is 0.0652. The van der Waals surface area contributed by atoms with Gasteiger partial charge in [-0.3, -0.25) is 9.69 Å². The van der Waals surface area contributed by atoms with Crippen LogP contribution in [0.3, 0.4) is 0 Å². The van der Waals surface area contributed by atoms with Gasteiger partial charge in [0, 0.05) is 43.7 Å². The van der Waals surface area contributed by atoms with Crippen molar-refractivity contribution in [1.29, 1.82) is 0 Å². The van der Waals surface area contributed by atoms with Gasteiger partial charge in [0.15, 0.2) is 0 Å². The summed E-state index contributed by atoms with van der Waals surface area (Å²) in [5, 5.41) is 0.894. The Morgan fingerprint density at radius 1 is 0.917 bits per heavy atom. The minimum Gasteiger partial charge on any atom is -0.494 e. The van der Waals surface area contributed by atoms with Crippen LogP contribution >= 0.6 is 0 Å². The summed E-state index contributed by atoms with van der Waals surface area (Å²) in [6.07, 6.45) is 4.36. The number of benzene rings is 3. The summed E-state index contributed by atoms with van der Waals surface area (Å²) >= 11 is 0. The van der Waals surface area contributed by atoms with E-state index in [1.807, 2.05) is 84.6 Å². The average Bonchev–Trinajstić information content (AvgIpc) is 2.94. The van der Waals surface area contributed by atoms with Crippen molar-refractivity contribution in [2.24, 2.45) is 0 Å². The molecule has 5 heteroatoms. The zero-order chi connectivity index (χ0) is 24.7. The van der Waals surface area contributed by atoms with Gasteiger partial charge < -0.3 is 9.64 Å². The highest BCUT2D eigenvalue weighted by Crippen LogP contribution is 2.27. The molecule has 0 spiro atoms. The number of para-hydroxylation sites is 1. The maximum absolute atomic E-state index is 13.7. The number of hydrogen-bond donors (Lipinski definition) is 0. The molecular weight excluding hydrogens is 446 g/mol. The molecule has 0 N–H and O–H groups in total. The van der Waals surface area contributed by atoms with Crippen LogP contribution in [-0.2, 0) is 0 Å². The maximum atomic E-state index is 13.7. The lowest BCUT2D eigenvalue weighted by Crippen LogP contribution is -2.48. The molecule has 1 fully saturated rings. The van der Waals surface area contributed by atoms with Crippen molar-refractivity contribution in [3.8, 4) is 17.0 Å². The van der Waals surface area contributed by atoms with Crippen LogP contribution in [0.25, 0.3) is 28.2 Å². The van der Waals surface area contributed by atoms with Gasteiger partial charge in [-0.2, -0.15) is 0 Å². The van der Waals surface area contributed by atoms with E-state index in [2.05, 4.69) is 29.2 Å². The number of amides is 1. The molecule has 36 heavy (non-hydrogen) atoms. The van der Waals surface area contributed by atoms with E-state index < -0.39 is 0 Å². The highest BCUT2D eigenvalue weighted by atomic mass is 16.5. The normalized spacial score (nSPS) is 14.4. The summed E-state index contributed by atoms with van der Waals surface area (Å²) in [7, 11) is 0. The molecule has 5 nitrogen and oxygen atoms in total. The Hall–Kier alpha value is -3.96. The van der Waals surface area contributed by atoms with E-state index in [1.165, 1.54) is 5.56 Å². The molecule has 0 aliphatic carbocycles. The number of piperazine rings is 1. The van der Waals surface area contributed by atoms with Crippen LogP contribution in [0.4, 0.5) is 0 Å². The van der Waals surface area contributed by atoms with Crippen LogP contribution in [-0.4, -0.2) is 60.0 Å². The van der Waals surface area contributed by atoms with Crippen LogP contribution in [0, 0.1) is 0 Å². The molecule has 5 rings (SSSR count). The fourth-order valence-electron chi connectivity index (χ4n) is 4.59. The molecule has 1 saturated heterocycles. The van der Waals surface area contributed by atoms with Crippen LogP contribution < -0.4 is 4.74 Å². The number of carbonyl (C=O) groups is 1. The van der Waals surface area contributed by atoms with E-state index in [4.69, 9.17) is 9.72 Å². The number of ether oxygens (including phenoxy) is 1. The second kappa shape index (κ2) is 11.2. The van der Waals surface area contributed by atoms with Crippen molar-refractivity contribution in [1.82, 2.24) is 14.8 Å². The predicted octanol–water partition coefficient (Wildman–Crippen LogP) is 5.77. The van der Waals surface area contributed by atoms with E-state index in [1.54, 1.807) is 0 Å². The average molecular weight is 478 g/mol. The molecule has 2 heterocycles. The summed E-state index contributed by atoms with van der Waals surface area (Å²) < 4.78 is 5.57. The first-order valence-corrected chi connectivity index (χ1v) is 12.6. The van der Waals surface area contributed by atoms with E-state index in [9.17, 15) is 4.79 Å². The molecule has 1 aromatic heterocycles. The van der Waals surface area contributed by atoms with Crippen molar-refractivity contribution >= 4 is 22.9 Å². The lowest BCUT2D eigenvalue weighted by Gasteiger charge is -2.34. The Kier molecular flexibility index (Phi) is 7.39. The standard InChI is InChI=1S/C31H31N3O2/c1-2-36-26-16-14-25(15-17-26)30-23-28(27-12-6-7-13-29(27)32-30)31(35)34-21-19-33(20-22-34)18-8-11-24-9-4-3-5-10-24/h3-17,23H,2,18-22H2,1H3/b11-8+. The molecule has 0 unspecified atom stereocenters. The van der Waals surface area contributed by atoms with Crippen LogP contribution in [0.15, 0.2) is 91.0 Å². The molecule has 1 amide bonds. The molecule has 0 radical (unpaired) electrons. The van der Waals surface area contributed by atoms with E-state index in [-0.39, 0.29) is 5.91 Å². The first-order chi connectivity index (χ1) is 17.7. The Morgan fingerprint density at radius 3 is 2.39 bits per heavy atom. The van der Waals surface area contributed by atoms with E-state index >= 15 is 0 Å². The number of aromatic nitrogens is 1. The number of nitrogens with zero attached hydrogens (tertiary/aromatic N) is 3. The van der Waals surface area contributed by atoms with Gasteiger partial charge in [-0.25, -0.2) is 4.98 Å². The van der Waals surface area contributed by atoms with Gasteiger partial charge in [-0.15, -0.1) is 0 Å². The zero-order valence-electron chi connectivity index (χ0n) is 20.6. The van der Waals surface area contributed by atoms with Crippen LogP contribution in [0.2, 0.25) is 0 Å². The van der Waals surface area contributed by atoms with Crippen LogP contribution in [0.1, 0.15) is 22.8 Å². The van der Waals surface area contributed by atoms with Gasteiger partial charge in [-0.05, 0) is 48.9 Å². The van der Waals surface area contributed by atoms with Crippen molar-refractivity contribution in [3.05, 3.63) is 102 Å². The summed E-state index contributed by atoms with van der Waals surface area (Å²) in [5.41, 5.74) is 4.51. The predicted molar refractivity (Wildman–Crippen MR) is 146 cm³/mol. The number of pyridine rings is 1. The molecule has 0 atom stereocenters. The fraction of sp³-hybridized carbons (Fsp3) is 0.226. The molecule has 4 aromatic rings. The van der Waals surface area contributed by atoms with Crippen molar-refractivity contribution < 1.29 is 9.53 Å². The van der Waals surface area contributed by atoms with Crippen molar-refractivity contribution in [2.45, 2.75) is 6.92 Å². The summed E-state index contributed by atoms with van der Waals surface area (Å²) in [6.45, 7) is 6.64. The minimum absolute atomic E-state index is 0.0697. The largest absolute Gasteiger partial charge is 0.494 e. The minimum atomic E-state index is 0.0697. The molecular formula is C31H31N3O2. The first kappa shape index (κ1) is 23.8. The van der Waals surface area contributed by atoms with E-state index in [0.29, 0.717) is 25.3 Å². The molecule has 0 bridgehead atoms. The van der Waals surface area contributed by atoms with Gasteiger partial charge in [-0.1, -0.05) is 60.7 Å². The lowest BCUT2D eigenvalue weighted by atomic mass is 10.0. The molecule has 3 aromatic carbocycles. The second-order valence-corrected chi connectivity index (χ2v) is 8.94. The molecule has 0 saturated carbocycles. The van der Waals surface area contributed by atoms with Gasteiger partial charge in [0.2, 0.25) is 0 Å². The molecule has 1 aliphatic rings. The molecule has 1 aliphatic heterocycles. The summed E-state index contributed by atoms with van der Waals surface area (Å²) in [6, 6.07) is 28.1. The Balaban J connectivity index is 1.31. The smallest absolute Gasteiger partial charge is 0.254 e. The van der Waals surface area contributed by atoms with Gasteiger partial charge in [0.1, 0.15) is 5.75 Å². The quantitative estimate of drug-likeness (QED) is 0.339. The monoisotopic (exact) mass is 477 g/mol. The third kappa shape index (κ3) is 5.47. The summed E-state index contributed by atoms with van der Waals surface area (Å²) in [5.74, 6) is 0.898. The number of hydrogen-bond acceptors (Lipinski definition) is 4. The Labute approximate surface area is 212 Å². The van der Waals surface area contributed by atoms with Gasteiger partial charge in [0.05, 0.1) is 23.4 Å².